The number of hydrogen-bond donors (Lipinski definition) is 3. The summed E-state index contributed by atoms with van der Waals surface area (Å²) in [6.07, 6.45) is 5.88. The van der Waals surface area contributed by atoms with Crippen molar-refractivity contribution in [3.8, 4) is 10.6 Å². The predicted molar refractivity (Wildman–Crippen MR) is 159 cm³/mol. The number of carbonyl (C=O) groups is 2. The van der Waals surface area contributed by atoms with Crippen molar-refractivity contribution in [1.82, 2.24) is 25.5 Å². The number of amides is 4. The van der Waals surface area contributed by atoms with Gasteiger partial charge >= 0.3 is 12.1 Å². The molecule has 0 spiro atoms. The fraction of sp³-hybridized carbons (Fsp3) is 0.333. The van der Waals surface area contributed by atoms with Gasteiger partial charge in [-0.05, 0) is 66.8 Å². The first kappa shape index (κ1) is 28.4. The van der Waals surface area contributed by atoms with E-state index < -0.39 is 0 Å². The normalized spacial score (nSPS) is 12.8. The Bertz CT molecular complexity index is 1520. The summed E-state index contributed by atoms with van der Waals surface area (Å²) in [5, 5.41) is 8.37. The lowest BCUT2D eigenvalue weighted by Crippen LogP contribution is -2.41. The number of methoxy groups -OCH3 is 1. The largest absolute Gasteiger partial charge is 0.383 e. The van der Waals surface area contributed by atoms with E-state index in [2.05, 4.69) is 25.9 Å². The minimum absolute atomic E-state index is 0.141. The Labute approximate surface area is 242 Å². The summed E-state index contributed by atoms with van der Waals surface area (Å²) in [7, 11) is 1.61. The van der Waals surface area contributed by atoms with Gasteiger partial charge in [0.15, 0.2) is 0 Å². The fourth-order valence-electron chi connectivity index (χ4n) is 4.41. The summed E-state index contributed by atoms with van der Waals surface area (Å²) in [6.45, 7) is 3.78. The van der Waals surface area contributed by atoms with Gasteiger partial charge in [0.2, 0.25) is 0 Å². The molecule has 3 aromatic heterocycles. The summed E-state index contributed by atoms with van der Waals surface area (Å²) < 4.78 is 21.1. The van der Waals surface area contributed by atoms with Crippen molar-refractivity contribution in [2.75, 3.05) is 32.1 Å². The maximum atomic E-state index is 15.0. The van der Waals surface area contributed by atoms with E-state index in [1.807, 2.05) is 31.2 Å². The summed E-state index contributed by atoms with van der Waals surface area (Å²) >= 11 is 1.56. The third-order valence-corrected chi connectivity index (χ3v) is 7.95. The van der Waals surface area contributed by atoms with Gasteiger partial charge in [-0.2, -0.15) is 0 Å². The third kappa shape index (κ3) is 7.36. The van der Waals surface area contributed by atoms with E-state index in [-0.39, 0.29) is 23.9 Å². The number of carbonyl (C=O) groups excluding carboxylic acids is 2. The van der Waals surface area contributed by atoms with Gasteiger partial charge in [-0.1, -0.05) is 12.1 Å². The Hall–Kier alpha value is -4.09. The second-order valence-corrected chi connectivity index (χ2v) is 11.0. The van der Waals surface area contributed by atoms with Crippen LogP contribution < -0.4 is 16.0 Å². The maximum absolute atomic E-state index is 15.0. The molecule has 5 rings (SSSR count). The highest BCUT2D eigenvalue weighted by molar-refractivity contribution is 7.22. The minimum Gasteiger partial charge on any atom is -0.383 e. The zero-order valence-electron chi connectivity index (χ0n) is 23.1. The lowest BCUT2D eigenvalue weighted by molar-refractivity contribution is 0.146. The van der Waals surface area contributed by atoms with Crippen molar-refractivity contribution in [2.45, 2.75) is 38.8 Å². The first-order valence-corrected chi connectivity index (χ1v) is 14.5. The van der Waals surface area contributed by atoms with E-state index in [0.717, 1.165) is 44.8 Å². The van der Waals surface area contributed by atoms with Crippen LogP contribution in [0.3, 0.4) is 0 Å². The molecule has 1 saturated carbocycles. The van der Waals surface area contributed by atoms with Gasteiger partial charge in [0.25, 0.3) is 0 Å². The number of nitrogens with zero attached hydrogens (tertiary/aromatic N) is 3. The molecule has 1 aliphatic carbocycles. The van der Waals surface area contributed by atoms with Gasteiger partial charge in [0.05, 0.1) is 27.4 Å². The second-order valence-electron chi connectivity index (χ2n) is 9.95. The van der Waals surface area contributed by atoms with Crippen LogP contribution in [0.25, 0.3) is 20.8 Å². The third-order valence-electron chi connectivity index (χ3n) is 6.73. The molecule has 0 radical (unpaired) electrons. The fourth-order valence-corrected chi connectivity index (χ4v) is 5.51. The highest BCUT2D eigenvalue weighted by Crippen LogP contribution is 2.35. The summed E-state index contributed by atoms with van der Waals surface area (Å²) in [6, 6.07) is 12.4. The Kier molecular flexibility index (Phi) is 9.05. The van der Waals surface area contributed by atoms with Crippen LogP contribution in [-0.2, 0) is 17.7 Å². The molecule has 0 atom stereocenters. The molecule has 1 fully saturated rings. The molecular formula is C30H33FN6O3S. The van der Waals surface area contributed by atoms with Gasteiger partial charge in [-0.3, -0.25) is 9.97 Å². The predicted octanol–water partition coefficient (Wildman–Crippen LogP) is 5.55. The van der Waals surface area contributed by atoms with Crippen molar-refractivity contribution in [1.29, 1.82) is 0 Å². The number of hydrogen-bond acceptors (Lipinski definition) is 6. The van der Waals surface area contributed by atoms with Crippen LogP contribution in [0.15, 0.2) is 54.9 Å². The lowest BCUT2D eigenvalue weighted by atomic mass is 10.0. The number of anilines is 1. The van der Waals surface area contributed by atoms with Gasteiger partial charge < -0.3 is 25.6 Å². The number of benzene rings is 1. The zero-order chi connectivity index (χ0) is 28.8. The average Bonchev–Trinajstić information content (AvgIpc) is 3.66. The molecule has 11 heteroatoms. The quantitative estimate of drug-likeness (QED) is 0.217. The highest BCUT2D eigenvalue weighted by Gasteiger charge is 2.23. The van der Waals surface area contributed by atoms with Crippen molar-refractivity contribution >= 4 is 39.3 Å². The maximum Gasteiger partial charge on any atom is 0.319 e. The molecule has 3 heterocycles. The molecule has 0 bridgehead atoms. The Morgan fingerprint density at radius 1 is 1.12 bits per heavy atom. The Morgan fingerprint density at radius 3 is 2.68 bits per heavy atom. The van der Waals surface area contributed by atoms with E-state index in [4.69, 9.17) is 4.74 Å². The second kappa shape index (κ2) is 13.0. The number of ether oxygens (including phenoxy) is 1. The van der Waals surface area contributed by atoms with Gasteiger partial charge in [0.1, 0.15) is 5.82 Å². The number of nitrogens with one attached hydrogen (secondary N) is 3. The Morgan fingerprint density at radius 2 is 1.98 bits per heavy atom. The number of fused-ring (bicyclic) bond motifs is 1. The van der Waals surface area contributed by atoms with Gasteiger partial charge in [-0.25, -0.2) is 14.0 Å². The van der Waals surface area contributed by atoms with Crippen molar-refractivity contribution in [3.63, 3.8) is 0 Å². The number of thiophene rings is 1. The highest BCUT2D eigenvalue weighted by atomic mass is 32.1. The number of aromatic nitrogens is 2. The van der Waals surface area contributed by atoms with Crippen molar-refractivity contribution < 1.29 is 18.7 Å². The van der Waals surface area contributed by atoms with Gasteiger partial charge in [0, 0.05) is 57.3 Å². The van der Waals surface area contributed by atoms with Crippen molar-refractivity contribution in [3.05, 3.63) is 77.4 Å². The summed E-state index contributed by atoms with van der Waals surface area (Å²) in [5.41, 5.74) is 4.46. The van der Waals surface area contributed by atoms with Crippen LogP contribution in [0.1, 0.15) is 36.5 Å². The molecule has 9 nitrogen and oxygen atoms in total. The van der Waals surface area contributed by atoms with Crippen LogP contribution in [-0.4, -0.2) is 59.8 Å². The Balaban J connectivity index is 1.29. The molecule has 3 N–H and O–H groups in total. The number of urea groups is 2. The number of halogens is 1. The minimum atomic E-state index is -0.375. The van der Waals surface area contributed by atoms with Crippen LogP contribution in [0.2, 0.25) is 0 Å². The molecule has 4 amide bonds. The van der Waals surface area contributed by atoms with Crippen molar-refractivity contribution in [2.24, 2.45) is 0 Å². The number of rotatable bonds is 11. The molecule has 1 aromatic carbocycles. The first-order chi connectivity index (χ1) is 19.9. The molecule has 0 unspecified atom stereocenters. The van der Waals surface area contributed by atoms with Crippen LogP contribution in [0.4, 0.5) is 19.7 Å². The molecule has 214 valence electrons. The SMILES string of the molecule is CCNC(=O)N(CCOC)Cc1ccc(-c2cc3nccc(Cc4ccc(NC(=O)NC5CC5)cc4F)c3s2)nc1. The standard InChI is InChI=1S/C30H33FN6O3S/c1-3-32-30(39)37(12-13-40-2)18-19-4-9-25(34-17-19)27-16-26-28(41-27)21(10-11-33-26)14-20-5-6-23(15-24(20)31)36-29(38)35-22-7-8-22/h4-6,9-11,15-17,22H,3,7-8,12-14,18H2,1-2H3,(H,32,39)(H2,35,36,38). The monoisotopic (exact) mass is 576 g/mol. The van der Waals surface area contributed by atoms with E-state index in [1.165, 1.54) is 6.07 Å². The van der Waals surface area contributed by atoms with Crippen LogP contribution in [0, 0.1) is 5.82 Å². The zero-order valence-corrected chi connectivity index (χ0v) is 23.9. The first-order valence-electron chi connectivity index (χ1n) is 13.6. The van der Waals surface area contributed by atoms with Crippen LogP contribution in [0.5, 0.6) is 0 Å². The van der Waals surface area contributed by atoms with E-state index >= 15 is 0 Å². The molecular weight excluding hydrogens is 543 g/mol. The van der Waals surface area contributed by atoms with E-state index in [9.17, 15) is 14.0 Å². The molecule has 4 aromatic rings. The van der Waals surface area contributed by atoms with Gasteiger partial charge in [-0.15, -0.1) is 11.3 Å². The summed E-state index contributed by atoms with van der Waals surface area (Å²) in [4.78, 5) is 36.2. The van der Waals surface area contributed by atoms with Crippen LogP contribution >= 0.6 is 11.3 Å². The summed E-state index contributed by atoms with van der Waals surface area (Å²) in [5.74, 6) is -0.375. The molecule has 41 heavy (non-hydrogen) atoms. The molecule has 1 aliphatic rings. The van der Waals surface area contributed by atoms with E-state index in [0.29, 0.717) is 43.9 Å². The molecule has 0 aliphatic heterocycles. The lowest BCUT2D eigenvalue weighted by Gasteiger charge is -2.22. The number of pyridine rings is 2. The average molecular weight is 577 g/mol. The van der Waals surface area contributed by atoms with E-state index in [1.54, 1.807) is 47.9 Å². The molecule has 0 saturated heterocycles. The smallest absolute Gasteiger partial charge is 0.319 e. The topological polar surface area (TPSA) is 108 Å².